The van der Waals surface area contributed by atoms with E-state index >= 15 is 0 Å². The minimum absolute atomic E-state index is 0.0554. The first-order valence-electron chi connectivity index (χ1n) is 7.99. The topological polar surface area (TPSA) is 93.0 Å². The number of benzene rings is 1. The van der Waals surface area contributed by atoms with Crippen molar-refractivity contribution in [3.05, 3.63) is 45.3 Å². The number of nitro benzene ring substituents is 1. The number of non-ortho nitro benzene ring substituents is 1. The summed E-state index contributed by atoms with van der Waals surface area (Å²) in [5, 5.41) is 20.6. The standard InChI is InChI=1S/C17H17N5O2S/c1-10-9-25-15-13(10)14(21-17(2)7-8-17)19-16(20-15)18-11-3-5-12(6-4-11)22(23)24/h3-6,9H,7-8H2,1-2H3,(H2,18,19,20,21). The summed E-state index contributed by atoms with van der Waals surface area (Å²) in [6.07, 6.45) is 2.26. The van der Waals surface area contributed by atoms with Crippen LogP contribution < -0.4 is 10.6 Å². The molecule has 0 unspecified atom stereocenters. The highest BCUT2D eigenvalue weighted by Crippen LogP contribution is 2.40. The van der Waals surface area contributed by atoms with E-state index in [1.54, 1.807) is 23.5 Å². The minimum Gasteiger partial charge on any atom is -0.364 e. The van der Waals surface area contributed by atoms with Gasteiger partial charge in [-0.05, 0) is 49.8 Å². The van der Waals surface area contributed by atoms with Gasteiger partial charge in [0.05, 0.1) is 10.3 Å². The van der Waals surface area contributed by atoms with Crippen molar-refractivity contribution in [1.29, 1.82) is 0 Å². The number of fused-ring (bicyclic) bond motifs is 1. The summed E-state index contributed by atoms with van der Waals surface area (Å²) in [6, 6.07) is 6.22. The molecule has 0 aliphatic heterocycles. The van der Waals surface area contributed by atoms with E-state index in [-0.39, 0.29) is 11.2 Å². The van der Waals surface area contributed by atoms with Gasteiger partial charge in [-0.25, -0.2) is 4.98 Å². The zero-order chi connectivity index (χ0) is 17.6. The van der Waals surface area contributed by atoms with E-state index in [2.05, 4.69) is 39.8 Å². The molecule has 128 valence electrons. The van der Waals surface area contributed by atoms with Crippen molar-refractivity contribution < 1.29 is 4.92 Å². The van der Waals surface area contributed by atoms with Crippen molar-refractivity contribution in [3.8, 4) is 0 Å². The normalized spacial score (nSPS) is 15.1. The van der Waals surface area contributed by atoms with Gasteiger partial charge >= 0.3 is 0 Å². The molecule has 25 heavy (non-hydrogen) atoms. The Morgan fingerprint density at radius 3 is 2.60 bits per heavy atom. The Kier molecular flexibility index (Phi) is 3.57. The number of nitrogens with zero attached hydrogens (tertiary/aromatic N) is 3. The molecule has 2 N–H and O–H groups in total. The maximum Gasteiger partial charge on any atom is 0.269 e. The van der Waals surface area contributed by atoms with E-state index in [9.17, 15) is 10.1 Å². The number of thiophene rings is 1. The highest BCUT2D eigenvalue weighted by atomic mass is 32.1. The van der Waals surface area contributed by atoms with Crippen LogP contribution in [-0.4, -0.2) is 20.4 Å². The lowest BCUT2D eigenvalue weighted by Gasteiger charge is -2.15. The fourth-order valence-electron chi connectivity index (χ4n) is 2.62. The molecule has 0 radical (unpaired) electrons. The molecule has 8 heteroatoms. The predicted molar refractivity (Wildman–Crippen MR) is 99.8 cm³/mol. The van der Waals surface area contributed by atoms with Crippen LogP contribution in [0, 0.1) is 17.0 Å². The van der Waals surface area contributed by atoms with Gasteiger partial charge in [0.2, 0.25) is 5.95 Å². The van der Waals surface area contributed by atoms with Crippen molar-refractivity contribution in [3.63, 3.8) is 0 Å². The number of aryl methyl sites for hydroxylation is 1. The molecule has 0 bridgehead atoms. The lowest BCUT2D eigenvalue weighted by atomic mass is 10.2. The molecule has 2 aromatic heterocycles. The summed E-state index contributed by atoms with van der Waals surface area (Å²) in [7, 11) is 0. The summed E-state index contributed by atoms with van der Waals surface area (Å²) in [4.78, 5) is 20.5. The van der Waals surface area contributed by atoms with Crippen LogP contribution in [0.15, 0.2) is 29.6 Å². The van der Waals surface area contributed by atoms with E-state index < -0.39 is 4.92 Å². The van der Waals surface area contributed by atoms with E-state index in [0.29, 0.717) is 11.6 Å². The monoisotopic (exact) mass is 355 g/mol. The van der Waals surface area contributed by atoms with Crippen molar-refractivity contribution >= 4 is 44.7 Å². The summed E-state index contributed by atoms with van der Waals surface area (Å²) in [5.41, 5.74) is 2.04. The molecule has 0 saturated heterocycles. The van der Waals surface area contributed by atoms with Crippen molar-refractivity contribution in [2.75, 3.05) is 10.6 Å². The molecule has 0 atom stereocenters. The molecule has 3 aromatic rings. The van der Waals surface area contributed by atoms with Crippen LogP contribution in [0.3, 0.4) is 0 Å². The van der Waals surface area contributed by atoms with Crippen LogP contribution in [0.1, 0.15) is 25.3 Å². The maximum absolute atomic E-state index is 10.8. The SMILES string of the molecule is Cc1csc2nc(Nc3ccc([N+](=O)[O-])cc3)nc(NC3(C)CC3)c12. The second-order valence-electron chi connectivity index (χ2n) is 6.61. The fraction of sp³-hybridized carbons (Fsp3) is 0.294. The van der Waals surface area contributed by atoms with Crippen LogP contribution in [0.25, 0.3) is 10.2 Å². The molecule has 1 fully saturated rings. The van der Waals surface area contributed by atoms with Gasteiger partial charge in [0.15, 0.2) is 0 Å². The zero-order valence-corrected chi connectivity index (χ0v) is 14.7. The first-order chi connectivity index (χ1) is 11.9. The Labute approximate surface area is 148 Å². The van der Waals surface area contributed by atoms with E-state index in [4.69, 9.17) is 0 Å². The molecule has 1 aliphatic rings. The van der Waals surface area contributed by atoms with Gasteiger partial charge in [0, 0.05) is 23.4 Å². The van der Waals surface area contributed by atoms with Crippen molar-refractivity contribution in [1.82, 2.24) is 9.97 Å². The molecular formula is C17H17N5O2S. The Bertz CT molecular complexity index is 963. The molecule has 0 amide bonds. The van der Waals surface area contributed by atoms with Gasteiger partial charge in [-0.2, -0.15) is 4.98 Å². The molecule has 7 nitrogen and oxygen atoms in total. The predicted octanol–water partition coefficient (Wildman–Crippen LogP) is 4.62. The summed E-state index contributed by atoms with van der Waals surface area (Å²) in [5.74, 6) is 1.32. The smallest absolute Gasteiger partial charge is 0.269 e. The lowest BCUT2D eigenvalue weighted by molar-refractivity contribution is -0.384. The van der Waals surface area contributed by atoms with E-state index in [1.807, 2.05) is 0 Å². The van der Waals surface area contributed by atoms with E-state index in [1.165, 1.54) is 12.1 Å². The van der Waals surface area contributed by atoms with Crippen molar-refractivity contribution in [2.45, 2.75) is 32.2 Å². The number of nitro groups is 1. The Hall–Kier alpha value is -2.74. The molecule has 4 rings (SSSR count). The molecule has 1 aliphatic carbocycles. The maximum atomic E-state index is 10.8. The molecular weight excluding hydrogens is 338 g/mol. The van der Waals surface area contributed by atoms with Gasteiger partial charge in [-0.3, -0.25) is 10.1 Å². The summed E-state index contributed by atoms with van der Waals surface area (Å²) < 4.78 is 0. The minimum atomic E-state index is -0.418. The largest absolute Gasteiger partial charge is 0.364 e. The number of rotatable bonds is 5. The summed E-state index contributed by atoms with van der Waals surface area (Å²) >= 11 is 1.59. The first-order valence-corrected chi connectivity index (χ1v) is 8.87. The molecule has 0 spiro atoms. The van der Waals surface area contributed by atoms with Crippen LogP contribution in [0.4, 0.5) is 23.1 Å². The number of hydrogen-bond acceptors (Lipinski definition) is 7. The third kappa shape index (κ3) is 3.12. The van der Waals surface area contributed by atoms with Crippen LogP contribution in [0.5, 0.6) is 0 Å². The van der Waals surface area contributed by atoms with Crippen LogP contribution in [-0.2, 0) is 0 Å². The molecule has 2 heterocycles. The second-order valence-corrected chi connectivity index (χ2v) is 7.47. The first kappa shape index (κ1) is 15.8. The van der Waals surface area contributed by atoms with Gasteiger partial charge in [0.25, 0.3) is 5.69 Å². The quantitative estimate of drug-likeness (QED) is 0.512. The van der Waals surface area contributed by atoms with E-state index in [0.717, 1.165) is 34.4 Å². The van der Waals surface area contributed by atoms with Gasteiger partial charge in [-0.15, -0.1) is 11.3 Å². The molecule has 1 saturated carbocycles. The lowest BCUT2D eigenvalue weighted by Crippen LogP contribution is -2.17. The van der Waals surface area contributed by atoms with Gasteiger partial charge < -0.3 is 10.6 Å². The average Bonchev–Trinajstić information content (AvgIpc) is 3.17. The highest BCUT2D eigenvalue weighted by Gasteiger charge is 2.38. The van der Waals surface area contributed by atoms with Crippen LogP contribution in [0.2, 0.25) is 0 Å². The summed E-state index contributed by atoms with van der Waals surface area (Å²) in [6.45, 7) is 4.25. The zero-order valence-electron chi connectivity index (χ0n) is 13.9. The number of nitrogens with one attached hydrogen (secondary N) is 2. The van der Waals surface area contributed by atoms with Gasteiger partial charge in [-0.1, -0.05) is 0 Å². The number of hydrogen-bond donors (Lipinski definition) is 2. The number of anilines is 3. The van der Waals surface area contributed by atoms with Crippen molar-refractivity contribution in [2.24, 2.45) is 0 Å². The second kappa shape index (κ2) is 5.66. The Morgan fingerprint density at radius 2 is 1.96 bits per heavy atom. The van der Waals surface area contributed by atoms with Crippen LogP contribution >= 0.6 is 11.3 Å². The van der Waals surface area contributed by atoms with Gasteiger partial charge in [0.1, 0.15) is 10.6 Å². The Balaban J connectivity index is 1.68. The third-order valence-electron chi connectivity index (χ3n) is 4.37. The fourth-order valence-corrected chi connectivity index (χ4v) is 3.55. The molecule has 1 aromatic carbocycles. The highest BCUT2D eigenvalue weighted by molar-refractivity contribution is 7.17. The Morgan fingerprint density at radius 1 is 1.24 bits per heavy atom. The average molecular weight is 355 g/mol. The number of aromatic nitrogens is 2. The third-order valence-corrected chi connectivity index (χ3v) is 5.36.